The van der Waals surface area contributed by atoms with Crippen LogP contribution in [0.1, 0.15) is 61.5 Å². The molecule has 26 heavy (non-hydrogen) atoms. The smallest absolute Gasteiger partial charge is 0.277 e. The van der Waals surface area contributed by atoms with Gasteiger partial charge in [0, 0.05) is 24.0 Å². The van der Waals surface area contributed by atoms with Gasteiger partial charge in [-0.3, -0.25) is 4.79 Å². The minimum absolute atomic E-state index is 0.0474. The van der Waals surface area contributed by atoms with Crippen LogP contribution in [0.5, 0.6) is 0 Å². The largest absolute Gasteiger partial charge is 0.351 e. The Balaban J connectivity index is 1.53. The van der Waals surface area contributed by atoms with Crippen LogP contribution < -0.4 is 10.2 Å². The molecule has 0 radical (unpaired) electrons. The number of para-hydroxylation sites is 1. The Morgan fingerprint density at radius 3 is 2.69 bits per heavy atom. The first-order valence-electron chi connectivity index (χ1n) is 9.73. The zero-order valence-corrected chi connectivity index (χ0v) is 15.3. The van der Waals surface area contributed by atoms with Crippen LogP contribution in [0.3, 0.4) is 0 Å². The molecule has 1 aromatic carbocycles. The molecule has 1 aliphatic carbocycles. The lowest BCUT2D eigenvalue weighted by Gasteiger charge is -2.22. The molecular weight excluding hydrogens is 324 g/mol. The topological polar surface area (TPSA) is 58.1 Å². The number of benzene rings is 1. The van der Waals surface area contributed by atoms with Crippen LogP contribution in [-0.2, 0) is 6.42 Å². The van der Waals surface area contributed by atoms with Crippen molar-refractivity contribution in [3.05, 3.63) is 47.8 Å². The van der Waals surface area contributed by atoms with Crippen LogP contribution in [-0.4, -0.2) is 28.0 Å². The monoisotopic (exact) mass is 350 g/mol. The molecule has 1 saturated carbocycles. The Morgan fingerprint density at radius 1 is 1.12 bits per heavy atom. The van der Waals surface area contributed by atoms with Crippen molar-refractivity contribution in [2.24, 2.45) is 0 Å². The van der Waals surface area contributed by atoms with Gasteiger partial charge in [-0.05, 0) is 43.9 Å². The number of nitrogens with one attached hydrogen (secondary N) is 1. The Morgan fingerprint density at radius 2 is 1.88 bits per heavy atom. The maximum atomic E-state index is 13.1. The third-order valence-corrected chi connectivity index (χ3v) is 5.49. The lowest BCUT2D eigenvalue weighted by Crippen LogP contribution is -2.36. The van der Waals surface area contributed by atoms with E-state index in [0.717, 1.165) is 24.9 Å². The van der Waals surface area contributed by atoms with Crippen molar-refractivity contribution in [3.8, 4) is 0 Å². The number of rotatable bonds is 3. The van der Waals surface area contributed by atoms with Crippen LogP contribution in [0, 0.1) is 0 Å². The first kappa shape index (κ1) is 17.0. The van der Waals surface area contributed by atoms with Gasteiger partial charge in [0.1, 0.15) is 5.69 Å². The fourth-order valence-corrected chi connectivity index (χ4v) is 4.15. The van der Waals surface area contributed by atoms with Gasteiger partial charge < -0.3 is 10.2 Å². The second-order valence-corrected chi connectivity index (χ2v) is 7.46. The lowest BCUT2D eigenvalue weighted by molar-refractivity contribution is 0.0976. The highest BCUT2D eigenvalue weighted by molar-refractivity contribution is 6.06. The van der Waals surface area contributed by atoms with E-state index >= 15 is 0 Å². The normalized spacial score (nSPS) is 20.5. The number of fused-ring (bicyclic) bond motifs is 1. The molecular formula is C21H26N4O. The van der Waals surface area contributed by atoms with E-state index in [1.54, 1.807) is 12.3 Å². The molecule has 1 N–H and O–H groups in total. The van der Waals surface area contributed by atoms with Gasteiger partial charge in [-0.25, -0.2) is 9.97 Å². The van der Waals surface area contributed by atoms with Crippen LogP contribution in [0.25, 0.3) is 0 Å². The lowest BCUT2D eigenvalue weighted by atomic mass is 10.1. The van der Waals surface area contributed by atoms with Crippen molar-refractivity contribution >= 4 is 17.5 Å². The van der Waals surface area contributed by atoms with E-state index in [0.29, 0.717) is 17.7 Å². The fourth-order valence-electron chi connectivity index (χ4n) is 4.15. The van der Waals surface area contributed by atoms with E-state index in [2.05, 4.69) is 28.3 Å². The average Bonchev–Trinajstić information content (AvgIpc) is 2.81. The molecule has 5 heteroatoms. The minimum Gasteiger partial charge on any atom is -0.351 e. The molecule has 4 rings (SSSR count). The number of hydrogen-bond acceptors (Lipinski definition) is 4. The van der Waals surface area contributed by atoms with Crippen LogP contribution in [0.15, 0.2) is 36.5 Å². The number of aromatic nitrogens is 2. The standard InChI is InChI=1S/C21H26N4O/c1-15-14-16-8-6-7-11-19(16)25(15)20(26)18-12-13-22-21(24-18)23-17-9-4-2-3-5-10-17/h6-8,11-13,15,17H,2-5,9-10,14H2,1H3,(H,22,23,24). The molecule has 1 aliphatic heterocycles. The SMILES string of the molecule is CC1Cc2ccccc2N1C(=O)c1ccnc(NC2CCCCCC2)n1. The quantitative estimate of drug-likeness (QED) is 0.843. The Kier molecular flexibility index (Phi) is 4.87. The zero-order valence-electron chi connectivity index (χ0n) is 15.3. The Labute approximate surface area is 154 Å². The Hall–Kier alpha value is -2.43. The van der Waals surface area contributed by atoms with Crippen molar-refractivity contribution in [2.45, 2.75) is 64.0 Å². The maximum absolute atomic E-state index is 13.1. The van der Waals surface area contributed by atoms with Gasteiger partial charge in [0.15, 0.2) is 0 Å². The maximum Gasteiger partial charge on any atom is 0.277 e. The van der Waals surface area contributed by atoms with Crippen LogP contribution >= 0.6 is 0 Å². The average molecular weight is 350 g/mol. The summed E-state index contributed by atoms with van der Waals surface area (Å²) in [4.78, 5) is 23.9. The molecule has 0 saturated heterocycles. The van der Waals surface area contributed by atoms with E-state index < -0.39 is 0 Å². The number of carbonyl (C=O) groups is 1. The molecule has 1 aromatic heterocycles. The molecule has 1 atom stereocenters. The van der Waals surface area contributed by atoms with Crippen LogP contribution in [0.2, 0.25) is 0 Å². The van der Waals surface area contributed by atoms with Crippen LogP contribution in [0.4, 0.5) is 11.6 Å². The van der Waals surface area contributed by atoms with Gasteiger partial charge >= 0.3 is 0 Å². The van der Waals surface area contributed by atoms with Crippen molar-refractivity contribution in [2.75, 3.05) is 10.2 Å². The van der Waals surface area contributed by atoms with Crippen molar-refractivity contribution in [3.63, 3.8) is 0 Å². The van der Waals surface area contributed by atoms with Gasteiger partial charge in [-0.15, -0.1) is 0 Å². The fraction of sp³-hybridized carbons (Fsp3) is 0.476. The Bertz CT molecular complexity index is 783. The number of anilines is 2. The molecule has 1 amide bonds. The number of nitrogens with zero attached hydrogens (tertiary/aromatic N) is 3. The summed E-state index contributed by atoms with van der Waals surface area (Å²) in [5.74, 6) is 0.525. The summed E-state index contributed by atoms with van der Waals surface area (Å²) >= 11 is 0. The summed E-state index contributed by atoms with van der Waals surface area (Å²) in [5, 5.41) is 3.44. The molecule has 136 valence electrons. The highest BCUT2D eigenvalue weighted by Gasteiger charge is 2.32. The molecule has 1 unspecified atom stereocenters. The molecule has 0 spiro atoms. The minimum atomic E-state index is -0.0474. The molecule has 5 nitrogen and oxygen atoms in total. The summed E-state index contributed by atoms with van der Waals surface area (Å²) in [7, 11) is 0. The first-order valence-corrected chi connectivity index (χ1v) is 9.73. The predicted molar refractivity (Wildman–Crippen MR) is 104 cm³/mol. The summed E-state index contributed by atoms with van der Waals surface area (Å²) < 4.78 is 0. The highest BCUT2D eigenvalue weighted by Crippen LogP contribution is 2.32. The molecule has 0 bridgehead atoms. The van der Waals surface area contributed by atoms with E-state index in [9.17, 15) is 4.79 Å². The van der Waals surface area contributed by atoms with Crippen molar-refractivity contribution < 1.29 is 4.79 Å². The molecule has 2 heterocycles. The summed E-state index contributed by atoms with van der Waals surface area (Å²) in [6, 6.07) is 10.4. The van der Waals surface area contributed by atoms with Crippen molar-refractivity contribution in [1.82, 2.24) is 9.97 Å². The second-order valence-electron chi connectivity index (χ2n) is 7.46. The molecule has 2 aliphatic rings. The van der Waals surface area contributed by atoms with Gasteiger partial charge in [-0.2, -0.15) is 0 Å². The third-order valence-electron chi connectivity index (χ3n) is 5.49. The first-order chi connectivity index (χ1) is 12.7. The van der Waals surface area contributed by atoms with E-state index in [1.807, 2.05) is 23.1 Å². The van der Waals surface area contributed by atoms with Gasteiger partial charge in [0.05, 0.1) is 0 Å². The summed E-state index contributed by atoms with van der Waals surface area (Å²) in [5.41, 5.74) is 2.68. The second kappa shape index (κ2) is 7.44. The predicted octanol–water partition coefficient (Wildman–Crippen LogP) is 4.20. The number of hydrogen-bond donors (Lipinski definition) is 1. The van der Waals surface area contributed by atoms with E-state index in [1.165, 1.54) is 31.2 Å². The third kappa shape index (κ3) is 3.43. The molecule has 1 fully saturated rings. The van der Waals surface area contributed by atoms with Gasteiger partial charge in [0.2, 0.25) is 5.95 Å². The van der Waals surface area contributed by atoms with Crippen molar-refractivity contribution in [1.29, 1.82) is 0 Å². The highest BCUT2D eigenvalue weighted by atomic mass is 16.2. The van der Waals surface area contributed by atoms with Gasteiger partial charge in [0.25, 0.3) is 5.91 Å². The summed E-state index contributed by atoms with van der Waals surface area (Å²) in [6.07, 6.45) is 9.99. The number of amides is 1. The summed E-state index contributed by atoms with van der Waals surface area (Å²) in [6.45, 7) is 2.09. The molecule has 2 aromatic rings. The zero-order chi connectivity index (χ0) is 17.9. The van der Waals surface area contributed by atoms with E-state index in [-0.39, 0.29) is 11.9 Å². The van der Waals surface area contributed by atoms with Gasteiger partial charge in [-0.1, -0.05) is 43.9 Å². The number of carbonyl (C=O) groups excluding carboxylic acids is 1. The van der Waals surface area contributed by atoms with E-state index in [4.69, 9.17) is 0 Å².